The second-order valence-electron chi connectivity index (χ2n) is 4.30. The SMILES string of the molecule is CN1C2=CC(N)=CCC2=Nc2ccc(N)cc21. The number of nitrogen functional groups attached to an aromatic ring is 1. The fourth-order valence-electron chi connectivity index (χ4n) is 2.19. The average Bonchev–Trinajstić information content (AvgIpc) is 2.32. The van der Waals surface area contributed by atoms with Crippen molar-refractivity contribution in [1.29, 1.82) is 0 Å². The van der Waals surface area contributed by atoms with Crippen molar-refractivity contribution in [2.45, 2.75) is 6.42 Å². The maximum Gasteiger partial charge on any atom is 0.0872 e. The van der Waals surface area contributed by atoms with Crippen molar-refractivity contribution in [3.05, 3.63) is 41.7 Å². The first-order valence-corrected chi connectivity index (χ1v) is 5.53. The Bertz CT molecular complexity index is 581. The monoisotopic (exact) mass is 226 g/mol. The molecule has 2 aliphatic rings. The Kier molecular flexibility index (Phi) is 1.98. The molecule has 0 amide bonds. The molecule has 4 N–H and O–H groups in total. The Morgan fingerprint density at radius 3 is 2.94 bits per heavy atom. The first-order valence-electron chi connectivity index (χ1n) is 5.53. The molecule has 0 unspecified atom stereocenters. The summed E-state index contributed by atoms with van der Waals surface area (Å²) in [7, 11) is 2.01. The van der Waals surface area contributed by atoms with Crippen molar-refractivity contribution in [3.63, 3.8) is 0 Å². The van der Waals surface area contributed by atoms with Gasteiger partial charge in [0.15, 0.2) is 0 Å². The molecule has 0 aromatic heterocycles. The van der Waals surface area contributed by atoms with Crippen LogP contribution in [0.2, 0.25) is 0 Å². The van der Waals surface area contributed by atoms with E-state index in [1.54, 1.807) is 0 Å². The van der Waals surface area contributed by atoms with Gasteiger partial charge in [-0.15, -0.1) is 0 Å². The van der Waals surface area contributed by atoms with E-state index in [-0.39, 0.29) is 0 Å². The van der Waals surface area contributed by atoms with Crippen molar-refractivity contribution in [3.8, 4) is 0 Å². The molecule has 1 aliphatic heterocycles. The minimum Gasteiger partial charge on any atom is -0.399 e. The summed E-state index contributed by atoms with van der Waals surface area (Å²) < 4.78 is 0. The van der Waals surface area contributed by atoms with Gasteiger partial charge in [-0.25, -0.2) is 4.99 Å². The van der Waals surface area contributed by atoms with E-state index < -0.39 is 0 Å². The zero-order chi connectivity index (χ0) is 12.0. The molecular formula is C13H14N4. The van der Waals surface area contributed by atoms with E-state index in [1.165, 1.54) is 0 Å². The highest BCUT2D eigenvalue weighted by Crippen LogP contribution is 2.38. The summed E-state index contributed by atoms with van der Waals surface area (Å²) in [6.07, 6.45) is 4.72. The standard InChI is InChI=1S/C13H14N4/c1-17-12-6-8(14)2-4-10(12)16-11-5-3-9(15)7-13(11)17/h2-4,6-7H,5,14-15H2,1H3. The summed E-state index contributed by atoms with van der Waals surface area (Å²) in [4.78, 5) is 6.74. The molecule has 1 aliphatic carbocycles. The highest BCUT2D eigenvalue weighted by atomic mass is 15.2. The van der Waals surface area contributed by atoms with Crippen LogP contribution in [-0.2, 0) is 0 Å². The van der Waals surface area contributed by atoms with Gasteiger partial charge >= 0.3 is 0 Å². The van der Waals surface area contributed by atoms with E-state index in [0.29, 0.717) is 0 Å². The van der Waals surface area contributed by atoms with Gasteiger partial charge in [0.1, 0.15) is 0 Å². The van der Waals surface area contributed by atoms with Crippen LogP contribution in [0, 0.1) is 0 Å². The number of hydrogen-bond acceptors (Lipinski definition) is 4. The number of aliphatic imine (C=N–C) groups is 1. The van der Waals surface area contributed by atoms with Crippen LogP contribution in [0.15, 0.2) is 46.7 Å². The van der Waals surface area contributed by atoms with Crippen LogP contribution in [0.5, 0.6) is 0 Å². The van der Waals surface area contributed by atoms with Gasteiger partial charge in [0, 0.05) is 24.9 Å². The van der Waals surface area contributed by atoms with Gasteiger partial charge in [0.25, 0.3) is 0 Å². The van der Waals surface area contributed by atoms with Crippen LogP contribution in [0.1, 0.15) is 6.42 Å². The van der Waals surface area contributed by atoms with E-state index in [4.69, 9.17) is 11.5 Å². The number of anilines is 2. The Labute approximate surface area is 99.9 Å². The summed E-state index contributed by atoms with van der Waals surface area (Å²) in [5.74, 6) is 0. The number of benzene rings is 1. The average molecular weight is 226 g/mol. The van der Waals surface area contributed by atoms with Crippen LogP contribution < -0.4 is 16.4 Å². The molecule has 4 nitrogen and oxygen atoms in total. The van der Waals surface area contributed by atoms with E-state index in [9.17, 15) is 0 Å². The fourth-order valence-corrected chi connectivity index (χ4v) is 2.19. The highest BCUT2D eigenvalue weighted by molar-refractivity contribution is 6.10. The third-order valence-corrected chi connectivity index (χ3v) is 3.11. The van der Waals surface area contributed by atoms with Crippen molar-refractivity contribution >= 4 is 22.8 Å². The highest BCUT2D eigenvalue weighted by Gasteiger charge is 2.23. The molecule has 0 spiro atoms. The predicted molar refractivity (Wildman–Crippen MR) is 71.3 cm³/mol. The van der Waals surface area contributed by atoms with Crippen LogP contribution in [-0.4, -0.2) is 12.8 Å². The number of rotatable bonds is 0. The number of fused-ring (bicyclic) bond motifs is 2. The lowest BCUT2D eigenvalue weighted by Gasteiger charge is -2.31. The third kappa shape index (κ3) is 1.49. The summed E-state index contributed by atoms with van der Waals surface area (Å²) >= 11 is 0. The fraction of sp³-hybridized carbons (Fsp3) is 0.154. The Balaban J connectivity index is 2.18. The summed E-state index contributed by atoms with van der Waals surface area (Å²) in [6, 6.07) is 5.76. The minimum absolute atomic E-state index is 0.745. The Morgan fingerprint density at radius 2 is 2.12 bits per heavy atom. The second-order valence-corrected chi connectivity index (χ2v) is 4.30. The van der Waals surface area contributed by atoms with E-state index in [1.807, 2.05) is 37.4 Å². The molecule has 1 aromatic carbocycles. The summed E-state index contributed by atoms with van der Waals surface area (Å²) in [5, 5.41) is 0. The largest absolute Gasteiger partial charge is 0.399 e. The molecule has 3 rings (SSSR count). The van der Waals surface area contributed by atoms with Gasteiger partial charge < -0.3 is 16.4 Å². The first kappa shape index (κ1) is 9.96. The molecule has 0 saturated heterocycles. The zero-order valence-corrected chi connectivity index (χ0v) is 9.64. The Hall–Kier alpha value is -2.23. The van der Waals surface area contributed by atoms with Crippen LogP contribution in [0.25, 0.3) is 0 Å². The second kappa shape index (κ2) is 3.38. The van der Waals surface area contributed by atoms with Gasteiger partial charge in [-0.1, -0.05) is 6.08 Å². The number of allylic oxidation sites excluding steroid dienone is 3. The predicted octanol–water partition coefficient (Wildman–Crippen LogP) is 1.92. The third-order valence-electron chi connectivity index (χ3n) is 3.11. The molecule has 1 aromatic rings. The number of hydrogen-bond donors (Lipinski definition) is 2. The van der Waals surface area contributed by atoms with Gasteiger partial charge in [-0.05, 0) is 24.3 Å². The first-order chi connectivity index (χ1) is 8.15. The number of nitrogens with two attached hydrogens (primary N) is 2. The van der Waals surface area contributed by atoms with Gasteiger partial charge in [0.2, 0.25) is 0 Å². The molecule has 0 atom stereocenters. The van der Waals surface area contributed by atoms with Crippen molar-refractivity contribution < 1.29 is 0 Å². The van der Waals surface area contributed by atoms with Gasteiger partial charge in [0.05, 0.1) is 22.8 Å². The molecule has 0 radical (unpaired) electrons. The zero-order valence-electron chi connectivity index (χ0n) is 9.64. The normalized spacial score (nSPS) is 17.7. The smallest absolute Gasteiger partial charge is 0.0872 e. The lowest BCUT2D eigenvalue weighted by atomic mass is 10.0. The molecule has 86 valence electrons. The molecule has 17 heavy (non-hydrogen) atoms. The molecule has 1 heterocycles. The maximum atomic E-state index is 5.83. The van der Waals surface area contributed by atoms with Gasteiger partial charge in [-0.3, -0.25) is 0 Å². The van der Waals surface area contributed by atoms with E-state index in [0.717, 1.165) is 40.6 Å². The van der Waals surface area contributed by atoms with Crippen molar-refractivity contribution in [2.75, 3.05) is 17.7 Å². The molecule has 0 bridgehead atoms. The van der Waals surface area contributed by atoms with Crippen molar-refractivity contribution in [1.82, 2.24) is 0 Å². The Morgan fingerprint density at radius 1 is 1.29 bits per heavy atom. The quantitative estimate of drug-likeness (QED) is 0.664. The topological polar surface area (TPSA) is 67.6 Å². The van der Waals surface area contributed by atoms with Crippen molar-refractivity contribution in [2.24, 2.45) is 10.7 Å². The van der Waals surface area contributed by atoms with Gasteiger partial charge in [-0.2, -0.15) is 0 Å². The lowest BCUT2D eigenvalue weighted by molar-refractivity contribution is 1.09. The van der Waals surface area contributed by atoms with E-state index in [2.05, 4.69) is 9.89 Å². The molecule has 0 saturated carbocycles. The molecular weight excluding hydrogens is 212 g/mol. The van der Waals surface area contributed by atoms with E-state index >= 15 is 0 Å². The lowest BCUT2D eigenvalue weighted by Crippen LogP contribution is -2.28. The number of nitrogens with zero attached hydrogens (tertiary/aromatic N) is 2. The summed E-state index contributed by atoms with van der Waals surface area (Å²) in [6.45, 7) is 0. The molecule has 0 fully saturated rings. The van der Waals surface area contributed by atoms with Crippen LogP contribution in [0.4, 0.5) is 17.1 Å². The maximum absolute atomic E-state index is 5.83. The van der Waals surface area contributed by atoms with Crippen LogP contribution >= 0.6 is 0 Å². The minimum atomic E-state index is 0.745. The van der Waals surface area contributed by atoms with Crippen LogP contribution in [0.3, 0.4) is 0 Å². The molecule has 4 heteroatoms. The summed E-state index contributed by atoms with van der Waals surface area (Å²) in [5.41, 5.74) is 17.3.